The molecule has 0 radical (unpaired) electrons. The molecule has 1 aliphatic heterocycles. The fraction of sp³-hybridized carbons (Fsp3) is 0.474. The van der Waals surface area contributed by atoms with Crippen LogP contribution in [0.25, 0.3) is 11.2 Å². The first-order valence-corrected chi connectivity index (χ1v) is 9.33. The SMILES string of the molecule is CC(C)c1ncnc(N2CCC(Cn3c(=O)[nH]c4cccnc43)CC2)c1F. The number of halogens is 1. The molecule has 0 atom stereocenters. The predicted molar refractivity (Wildman–Crippen MR) is 101 cm³/mol. The van der Waals surface area contributed by atoms with Gasteiger partial charge in [0.05, 0.1) is 11.2 Å². The number of rotatable bonds is 4. The van der Waals surface area contributed by atoms with Gasteiger partial charge in [0.2, 0.25) is 0 Å². The molecule has 0 amide bonds. The highest BCUT2D eigenvalue weighted by atomic mass is 19.1. The zero-order chi connectivity index (χ0) is 19.0. The quantitative estimate of drug-likeness (QED) is 0.764. The van der Waals surface area contributed by atoms with Crippen LogP contribution < -0.4 is 10.6 Å². The third-order valence-electron chi connectivity index (χ3n) is 5.23. The lowest BCUT2D eigenvalue weighted by Crippen LogP contribution is -2.37. The molecule has 3 aromatic heterocycles. The number of anilines is 1. The van der Waals surface area contributed by atoms with Gasteiger partial charge in [-0.3, -0.25) is 4.57 Å². The Bertz CT molecular complexity index is 1000. The number of nitrogens with zero attached hydrogens (tertiary/aromatic N) is 5. The van der Waals surface area contributed by atoms with Gasteiger partial charge in [0.1, 0.15) is 6.33 Å². The van der Waals surface area contributed by atoms with Crippen LogP contribution in [-0.4, -0.2) is 37.6 Å². The van der Waals surface area contributed by atoms with Crippen molar-refractivity contribution in [2.45, 2.75) is 39.2 Å². The van der Waals surface area contributed by atoms with Crippen LogP contribution in [0.3, 0.4) is 0 Å². The summed E-state index contributed by atoms with van der Waals surface area (Å²) in [5.41, 5.74) is 1.77. The second kappa shape index (κ2) is 7.09. The minimum atomic E-state index is -0.317. The molecule has 3 aromatic rings. The summed E-state index contributed by atoms with van der Waals surface area (Å²) >= 11 is 0. The van der Waals surface area contributed by atoms with Gasteiger partial charge in [-0.05, 0) is 36.8 Å². The Balaban J connectivity index is 1.47. The van der Waals surface area contributed by atoms with Crippen LogP contribution in [0, 0.1) is 11.7 Å². The van der Waals surface area contributed by atoms with Crippen molar-refractivity contribution in [3.63, 3.8) is 0 Å². The van der Waals surface area contributed by atoms with Gasteiger partial charge >= 0.3 is 5.69 Å². The largest absolute Gasteiger partial charge is 0.354 e. The third kappa shape index (κ3) is 3.31. The van der Waals surface area contributed by atoms with E-state index in [-0.39, 0.29) is 17.4 Å². The van der Waals surface area contributed by atoms with E-state index in [1.54, 1.807) is 10.8 Å². The number of hydrogen-bond donors (Lipinski definition) is 1. The van der Waals surface area contributed by atoms with Crippen LogP contribution in [0.1, 0.15) is 38.3 Å². The number of hydrogen-bond acceptors (Lipinski definition) is 5. The number of H-pyrrole nitrogens is 1. The Morgan fingerprint density at radius 1 is 1.26 bits per heavy atom. The average Bonchev–Trinajstić information content (AvgIpc) is 2.98. The van der Waals surface area contributed by atoms with Gasteiger partial charge in [-0.25, -0.2) is 24.1 Å². The minimum Gasteiger partial charge on any atom is -0.354 e. The third-order valence-corrected chi connectivity index (χ3v) is 5.23. The van der Waals surface area contributed by atoms with Gasteiger partial charge in [0, 0.05) is 25.8 Å². The first-order chi connectivity index (χ1) is 13.0. The van der Waals surface area contributed by atoms with Crippen molar-refractivity contribution < 1.29 is 4.39 Å². The molecule has 4 heterocycles. The van der Waals surface area contributed by atoms with Crippen molar-refractivity contribution in [2.24, 2.45) is 5.92 Å². The molecular formula is C19H23FN6O. The molecule has 27 heavy (non-hydrogen) atoms. The first kappa shape index (κ1) is 17.6. The average molecular weight is 370 g/mol. The Kier molecular flexibility index (Phi) is 4.63. The summed E-state index contributed by atoms with van der Waals surface area (Å²) in [6, 6.07) is 3.66. The Morgan fingerprint density at radius 2 is 2.04 bits per heavy atom. The highest BCUT2D eigenvalue weighted by Gasteiger charge is 2.25. The van der Waals surface area contributed by atoms with Crippen molar-refractivity contribution in [1.29, 1.82) is 0 Å². The van der Waals surface area contributed by atoms with Crippen LogP contribution in [-0.2, 0) is 6.54 Å². The Hall–Kier alpha value is -2.77. The topological polar surface area (TPSA) is 79.7 Å². The van der Waals surface area contributed by atoms with Gasteiger partial charge in [0.15, 0.2) is 17.3 Å². The summed E-state index contributed by atoms with van der Waals surface area (Å²) < 4.78 is 16.4. The summed E-state index contributed by atoms with van der Waals surface area (Å²) in [4.78, 5) is 29.6. The molecule has 142 valence electrons. The molecule has 0 bridgehead atoms. The van der Waals surface area contributed by atoms with Crippen LogP contribution in [0.15, 0.2) is 29.5 Å². The molecule has 0 unspecified atom stereocenters. The normalized spacial score (nSPS) is 15.8. The van der Waals surface area contributed by atoms with Gasteiger partial charge in [0.25, 0.3) is 0 Å². The Morgan fingerprint density at radius 3 is 2.78 bits per heavy atom. The lowest BCUT2D eigenvalue weighted by atomic mass is 9.96. The lowest BCUT2D eigenvalue weighted by molar-refractivity contribution is 0.353. The zero-order valence-electron chi connectivity index (χ0n) is 15.5. The van der Waals surface area contributed by atoms with Crippen molar-refractivity contribution in [1.82, 2.24) is 24.5 Å². The molecule has 4 rings (SSSR count). The minimum absolute atomic E-state index is 0.0190. The molecular weight excluding hydrogens is 347 g/mol. The second-order valence-corrected chi connectivity index (χ2v) is 7.40. The molecule has 1 saturated heterocycles. The van der Waals surface area contributed by atoms with E-state index in [0.717, 1.165) is 18.4 Å². The van der Waals surface area contributed by atoms with Crippen LogP contribution >= 0.6 is 0 Å². The van der Waals surface area contributed by atoms with E-state index in [4.69, 9.17) is 0 Å². The number of pyridine rings is 1. The molecule has 0 spiro atoms. The number of aromatic amines is 1. The van der Waals surface area contributed by atoms with Crippen LogP contribution in [0.5, 0.6) is 0 Å². The van der Waals surface area contributed by atoms with Gasteiger partial charge < -0.3 is 9.88 Å². The van der Waals surface area contributed by atoms with Crippen molar-refractivity contribution in [2.75, 3.05) is 18.0 Å². The summed E-state index contributed by atoms with van der Waals surface area (Å²) in [6.45, 7) is 5.89. The maximum Gasteiger partial charge on any atom is 0.327 e. The highest BCUT2D eigenvalue weighted by molar-refractivity contribution is 5.69. The number of fused-ring (bicyclic) bond motifs is 1. The molecule has 1 N–H and O–H groups in total. The monoisotopic (exact) mass is 370 g/mol. The molecule has 0 aliphatic carbocycles. The molecule has 7 nitrogen and oxygen atoms in total. The van der Waals surface area contributed by atoms with E-state index in [2.05, 4.69) is 19.9 Å². The van der Waals surface area contributed by atoms with Crippen molar-refractivity contribution >= 4 is 17.0 Å². The number of nitrogens with one attached hydrogen (secondary N) is 1. The van der Waals surface area contributed by atoms with E-state index < -0.39 is 0 Å². The van der Waals surface area contributed by atoms with E-state index in [0.29, 0.717) is 42.7 Å². The molecule has 1 fully saturated rings. The second-order valence-electron chi connectivity index (χ2n) is 7.40. The molecule has 1 aliphatic rings. The van der Waals surface area contributed by atoms with E-state index >= 15 is 0 Å². The Labute approximate surface area is 156 Å². The maximum atomic E-state index is 14.7. The van der Waals surface area contributed by atoms with E-state index in [9.17, 15) is 9.18 Å². The number of aromatic nitrogens is 5. The predicted octanol–water partition coefficient (Wildman–Crippen LogP) is 2.69. The van der Waals surface area contributed by atoms with Crippen LogP contribution in [0.2, 0.25) is 0 Å². The van der Waals surface area contributed by atoms with E-state index in [1.165, 1.54) is 6.33 Å². The smallest absolute Gasteiger partial charge is 0.327 e. The fourth-order valence-corrected chi connectivity index (χ4v) is 3.74. The summed E-state index contributed by atoms with van der Waals surface area (Å²) in [7, 11) is 0. The van der Waals surface area contributed by atoms with Crippen LogP contribution in [0.4, 0.5) is 10.2 Å². The number of piperidine rings is 1. The molecule has 8 heteroatoms. The van der Waals surface area contributed by atoms with Gasteiger partial charge in [-0.15, -0.1) is 0 Å². The number of imidazole rings is 1. The van der Waals surface area contributed by atoms with Crippen molar-refractivity contribution in [3.05, 3.63) is 46.7 Å². The van der Waals surface area contributed by atoms with E-state index in [1.807, 2.05) is 30.9 Å². The zero-order valence-corrected chi connectivity index (χ0v) is 15.5. The fourth-order valence-electron chi connectivity index (χ4n) is 3.74. The first-order valence-electron chi connectivity index (χ1n) is 9.33. The molecule has 0 saturated carbocycles. The van der Waals surface area contributed by atoms with Gasteiger partial charge in [-0.1, -0.05) is 13.8 Å². The summed E-state index contributed by atoms with van der Waals surface area (Å²) in [5.74, 6) is 0.432. The summed E-state index contributed by atoms with van der Waals surface area (Å²) in [5, 5.41) is 0. The highest BCUT2D eigenvalue weighted by Crippen LogP contribution is 2.27. The standard InChI is InChI=1S/C19H23FN6O/c1-12(2)16-15(20)18(23-11-22-16)25-8-5-13(6-9-25)10-26-17-14(24-19(26)27)4-3-7-21-17/h3-4,7,11-13H,5-6,8-10H2,1-2H3,(H,24,27). The summed E-state index contributed by atoms with van der Waals surface area (Å²) in [6.07, 6.45) is 4.87. The molecule has 0 aromatic carbocycles. The maximum absolute atomic E-state index is 14.7. The van der Waals surface area contributed by atoms with Crippen molar-refractivity contribution in [3.8, 4) is 0 Å². The van der Waals surface area contributed by atoms with Gasteiger partial charge in [-0.2, -0.15) is 0 Å². The lowest BCUT2D eigenvalue weighted by Gasteiger charge is -2.33.